The summed E-state index contributed by atoms with van der Waals surface area (Å²) in [7, 11) is 0. The van der Waals surface area contributed by atoms with Gasteiger partial charge in [0.15, 0.2) is 0 Å². The Morgan fingerprint density at radius 2 is 1.74 bits per heavy atom. The van der Waals surface area contributed by atoms with Gasteiger partial charge >= 0.3 is 5.97 Å². The van der Waals surface area contributed by atoms with Crippen LogP contribution in [0.1, 0.15) is 10.4 Å². The quantitative estimate of drug-likeness (QED) is 0.373. The van der Waals surface area contributed by atoms with Crippen LogP contribution < -0.4 is 4.74 Å². The van der Waals surface area contributed by atoms with E-state index in [0.29, 0.717) is 0 Å². The lowest BCUT2D eigenvalue weighted by Gasteiger charge is -2.05. The lowest BCUT2D eigenvalue weighted by atomic mass is 10.2. The maximum atomic E-state index is 11.8. The molecule has 0 aliphatic rings. The number of non-ortho nitro benzene ring substituents is 1. The van der Waals surface area contributed by atoms with E-state index in [1.165, 1.54) is 30.3 Å². The van der Waals surface area contributed by atoms with Gasteiger partial charge in [0.1, 0.15) is 5.75 Å². The van der Waals surface area contributed by atoms with Crippen molar-refractivity contribution in [3.8, 4) is 5.75 Å². The van der Waals surface area contributed by atoms with Crippen LogP contribution in [0.2, 0.25) is 5.02 Å². The zero-order chi connectivity index (χ0) is 13.8. The van der Waals surface area contributed by atoms with Crippen molar-refractivity contribution in [2.75, 3.05) is 0 Å². The van der Waals surface area contributed by atoms with Crippen molar-refractivity contribution >= 4 is 23.3 Å². The SMILES string of the molecule is O=C(Oc1ccc([N+](=O)[O-])cc1)c1ccccc1Cl. The first-order valence-electron chi connectivity index (χ1n) is 5.29. The molecule has 96 valence electrons. The van der Waals surface area contributed by atoms with Crippen LogP contribution in [0.25, 0.3) is 0 Å². The normalized spacial score (nSPS) is 9.95. The summed E-state index contributed by atoms with van der Waals surface area (Å²) in [6.07, 6.45) is 0. The summed E-state index contributed by atoms with van der Waals surface area (Å²) in [6, 6.07) is 11.7. The number of esters is 1. The second-order valence-electron chi connectivity index (χ2n) is 3.62. The highest BCUT2D eigenvalue weighted by Crippen LogP contribution is 2.20. The maximum absolute atomic E-state index is 11.8. The first kappa shape index (κ1) is 13.0. The molecular formula is C13H8ClNO4. The summed E-state index contributed by atoms with van der Waals surface area (Å²) >= 11 is 5.86. The van der Waals surface area contributed by atoms with Gasteiger partial charge in [-0.15, -0.1) is 0 Å². The zero-order valence-corrected chi connectivity index (χ0v) is 10.3. The molecule has 0 N–H and O–H groups in total. The number of hydrogen-bond donors (Lipinski definition) is 0. The van der Waals surface area contributed by atoms with Gasteiger partial charge in [0, 0.05) is 12.1 Å². The Hall–Kier alpha value is -2.40. The van der Waals surface area contributed by atoms with E-state index in [4.69, 9.17) is 16.3 Å². The Morgan fingerprint density at radius 3 is 2.32 bits per heavy atom. The molecule has 0 aromatic heterocycles. The molecule has 0 unspecified atom stereocenters. The van der Waals surface area contributed by atoms with Gasteiger partial charge in [0.2, 0.25) is 0 Å². The van der Waals surface area contributed by atoms with Gasteiger partial charge in [0.25, 0.3) is 5.69 Å². The number of carbonyl (C=O) groups is 1. The van der Waals surface area contributed by atoms with Gasteiger partial charge in [0.05, 0.1) is 15.5 Å². The standard InChI is InChI=1S/C13H8ClNO4/c14-12-4-2-1-3-11(12)13(16)19-10-7-5-9(6-8-10)15(17)18/h1-8H. The number of rotatable bonds is 3. The Balaban J connectivity index is 2.15. The Labute approximate surface area is 113 Å². The highest BCUT2D eigenvalue weighted by Gasteiger charge is 2.13. The van der Waals surface area contributed by atoms with Crippen molar-refractivity contribution in [3.63, 3.8) is 0 Å². The molecule has 0 saturated heterocycles. The van der Waals surface area contributed by atoms with Crippen molar-refractivity contribution in [3.05, 3.63) is 69.2 Å². The molecule has 0 bridgehead atoms. The Kier molecular flexibility index (Phi) is 3.77. The van der Waals surface area contributed by atoms with E-state index in [1.54, 1.807) is 18.2 Å². The molecule has 6 heteroatoms. The van der Waals surface area contributed by atoms with Gasteiger partial charge in [-0.05, 0) is 24.3 Å². The average Bonchev–Trinajstić information content (AvgIpc) is 2.39. The molecule has 2 rings (SSSR count). The van der Waals surface area contributed by atoms with Crippen LogP contribution in [0.3, 0.4) is 0 Å². The summed E-state index contributed by atoms with van der Waals surface area (Å²) in [4.78, 5) is 21.8. The van der Waals surface area contributed by atoms with Gasteiger partial charge in [-0.3, -0.25) is 10.1 Å². The van der Waals surface area contributed by atoms with Gasteiger partial charge in [-0.25, -0.2) is 4.79 Å². The molecule has 0 aliphatic carbocycles. The minimum atomic E-state index is -0.612. The molecule has 19 heavy (non-hydrogen) atoms. The fourth-order valence-electron chi connectivity index (χ4n) is 1.42. The number of nitro benzene ring substituents is 1. The highest BCUT2D eigenvalue weighted by atomic mass is 35.5. The summed E-state index contributed by atoms with van der Waals surface area (Å²) in [5, 5.41) is 10.8. The molecule has 0 heterocycles. The summed E-state index contributed by atoms with van der Waals surface area (Å²) in [5.41, 5.74) is 0.167. The van der Waals surface area contributed by atoms with E-state index in [0.717, 1.165) is 0 Å². The molecule has 2 aromatic rings. The van der Waals surface area contributed by atoms with Crippen molar-refractivity contribution in [1.82, 2.24) is 0 Å². The monoisotopic (exact) mass is 277 g/mol. The molecule has 0 atom stereocenters. The number of ether oxygens (including phenoxy) is 1. The number of carbonyl (C=O) groups excluding carboxylic acids is 1. The maximum Gasteiger partial charge on any atom is 0.345 e. The van der Waals surface area contributed by atoms with Gasteiger partial charge in [-0.2, -0.15) is 0 Å². The molecular weight excluding hydrogens is 270 g/mol. The molecule has 0 spiro atoms. The largest absolute Gasteiger partial charge is 0.423 e. The lowest BCUT2D eigenvalue weighted by Crippen LogP contribution is -2.08. The summed E-state index contributed by atoms with van der Waals surface area (Å²) in [5.74, 6) is -0.394. The third-order valence-corrected chi connectivity index (χ3v) is 2.68. The number of nitro groups is 1. The van der Waals surface area contributed by atoms with Crippen LogP contribution in [0.4, 0.5) is 5.69 Å². The van der Waals surface area contributed by atoms with E-state index < -0.39 is 10.9 Å². The third kappa shape index (κ3) is 3.08. The summed E-state index contributed by atoms with van der Waals surface area (Å²) in [6.45, 7) is 0. The number of hydrogen-bond acceptors (Lipinski definition) is 4. The Morgan fingerprint density at radius 1 is 1.11 bits per heavy atom. The van der Waals surface area contributed by atoms with Gasteiger partial charge < -0.3 is 4.74 Å². The first-order chi connectivity index (χ1) is 9.08. The molecule has 2 aromatic carbocycles. The molecule has 0 radical (unpaired) electrons. The van der Waals surface area contributed by atoms with Crippen LogP contribution in [0.15, 0.2) is 48.5 Å². The van der Waals surface area contributed by atoms with Crippen molar-refractivity contribution < 1.29 is 14.5 Å². The van der Waals surface area contributed by atoms with Crippen molar-refractivity contribution in [2.45, 2.75) is 0 Å². The Bertz CT molecular complexity index is 625. The van der Waals surface area contributed by atoms with E-state index in [2.05, 4.69) is 0 Å². The topological polar surface area (TPSA) is 69.4 Å². The average molecular weight is 278 g/mol. The van der Waals surface area contributed by atoms with Crippen molar-refractivity contribution in [1.29, 1.82) is 0 Å². The van der Waals surface area contributed by atoms with Crippen LogP contribution in [-0.2, 0) is 0 Å². The van der Waals surface area contributed by atoms with Crippen LogP contribution in [0.5, 0.6) is 5.75 Å². The minimum Gasteiger partial charge on any atom is -0.423 e. The van der Waals surface area contributed by atoms with Crippen LogP contribution in [0, 0.1) is 10.1 Å². The highest BCUT2D eigenvalue weighted by molar-refractivity contribution is 6.33. The van der Waals surface area contributed by atoms with Crippen LogP contribution in [-0.4, -0.2) is 10.9 Å². The molecule has 5 nitrogen and oxygen atoms in total. The fraction of sp³-hybridized carbons (Fsp3) is 0. The zero-order valence-electron chi connectivity index (χ0n) is 9.58. The number of nitrogens with zero attached hydrogens (tertiary/aromatic N) is 1. The lowest BCUT2D eigenvalue weighted by molar-refractivity contribution is -0.384. The predicted octanol–water partition coefficient (Wildman–Crippen LogP) is 3.47. The molecule has 0 fully saturated rings. The number of halogens is 1. The minimum absolute atomic E-state index is 0.0717. The van der Waals surface area contributed by atoms with Gasteiger partial charge in [-0.1, -0.05) is 23.7 Å². The second kappa shape index (κ2) is 5.49. The fourth-order valence-corrected chi connectivity index (χ4v) is 1.64. The van der Waals surface area contributed by atoms with E-state index in [-0.39, 0.29) is 22.0 Å². The second-order valence-corrected chi connectivity index (χ2v) is 4.03. The van der Waals surface area contributed by atoms with E-state index in [9.17, 15) is 14.9 Å². The predicted molar refractivity (Wildman–Crippen MR) is 69.5 cm³/mol. The number of benzene rings is 2. The van der Waals surface area contributed by atoms with E-state index >= 15 is 0 Å². The first-order valence-corrected chi connectivity index (χ1v) is 5.67. The smallest absolute Gasteiger partial charge is 0.345 e. The molecule has 0 saturated carbocycles. The van der Waals surface area contributed by atoms with E-state index in [1.807, 2.05) is 0 Å². The molecule has 0 aliphatic heterocycles. The molecule has 0 amide bonds. The van der Waals surface area contributed by atoms with Crippen molar-refractivity contribution in [2.24, 2.45) is 0 Å². The van der Waals surface area contributed by atoms with Crippen LogP contribution >= 0.6 is 11.6 Å². The summed E-state index contributed by atoms with van der Waals surface area (Å²) < 4.78 is 5.07. The third-order valence-electron chi connectivity index (χ3n) is 2.35.